The fourth-order valence-corrected chi connectivity index (χ4v) is 5.34. The third-order valence-electron chi connectivity index (χ3n) is 7.16. The van der Waals surface area contributed by atoms with Crippen molar-refractivity contribution in [2.75, 3.05) is 24.5 Å². The third kappa shape index (κ3) is 3.67. The number of rotatable bonds is 3. The summed E-state index contributed by atoms with van der Waals surface area (Å²) in [6, 6.07) is 7.54. The molecule has 0 spiro atoms. The van der Waals surface area contributed by atoms with E-state index in [1.165, 1.54) is 6.42 Å². The van der Waals surface area contributed by atoms with Crippen LogP contribution < -0.4 is 4.90 Å². The lowest BCUT2D eigenvalue weighted by molar-refractivity contribution is 0.0600. The zero-order chi connectivity index (χ0) is 23.2. The molecule has 0 N–H and O–H groups in total. The maximum absolute atomic E-state index is 13.5. The maximum atomic E-state index is 13.5. The van der Waals surface area contributed by atoms with Gasteiger partial charge >= 0.3 is 0 Å². The number of aromatic nitrogens is 5. The summed E-state index contributed by atoms with van der Waals surface area (Å²) in [6.45, 7) is 7.19. The molecule has 0 saturated carbocycles. The Kier molecular flexibility index (Phi) is 5.16. The zero-order valence-corrected chi connectivity index (χ0v) is 19.7. The van der Waals surface area contributed by atoms with Crippen LogP contribution in [0.5, 0.6) is 0 Å². The monoisotopic (exact) mass is 455 g/mol. The maximum Gasteiger partial charge on any atom is 0.273 e. The van der Waals surface area contributed by atoms with E-state index in [1.54, 1.807) is 18.5 Å². The molecule has 8 heteroatoms. The average molecular weight is 456 g/mol. The molecular formula is C26H29N7O. The highest BCUT2D eigenvalue weighted by Gasteiger charge is 2.32. The van der Waals surface area contributed by atoms with Crippen molar-refractivity contribution >= 4 is 28.3 Å². The Balaban J connectivity index is 1.33. The topological polar surface area (TPSA) is 79.5 Å². The van der Waals surface area contributed by atoms with Crippen LogP contribution in [0.2, 0.25) is 0 Å². The summed E-state index contributed by atoms with van der Waals surface area (Å²) < 4.78 is 1.87. The van der Waals surface area contributed by atoms with Gasteiger partial charge in [-0.1, -0.05) is 6.92 Å². The Hall–Kier alpha value is -3.55. The first-order valence-electron chi connectivity index (χ1n) is 12.2. The molecule has 6 heterocycles. The highest BCUT2D eigenvalue weighted by molar-refractivity contribution is 5.95. The van der Waals surface area contributed by atoms with Crippen LogP contribution in [0.3, 0.4) is 0 Å². The second kappa shape index (κ2) is 8.34. The van der Waals surface area contributed by atoms with E-state index in [0.29, 0.717) is 18.2 Å². The van der Waals surface area contributed by atoms with Gasteiger partial charge in [0.15, 0.2) is 5.65 Å². The highest BCUT2D eigenvalue weighted by Crippen LogP contribution is 2.33. The van der Waals surface area contributed by atoms with Gasteiger partial charge in [-0.3, -0.25) is 9.78 Å². The number of nitrogens with zero attached hydrogens (tertiary/aromatic N) is 7. The van der Waals surface area contributed by atoms with Gasteiger partial charge in [0.25, 0.3) is 5.91 Å². The highest BCUT2D eigenvalue weighted by atomic mass is 16.2. The van der Waals surface area contributed by atoms with Crippen LogP contribution >= 0.6 is 0 Å². The molecule has 2 atom stereocenters. The van der Waals surface area contributed by atoms with Gasteiger partial charge in [-0.05, 0) is 56.7 Å². The largest absolute Gasteiger partial charge is 0.356 e. The van der Waals surface area contributed by atoms with E-state index in [0.717, 1.165) is 66.0 Å². The summed E-state index contributed by atoms with van der Waals surface area (Å²) in [6.07, 6.45) is 9.69. The quantitative estimate of drug-likeness (QED) is 0.461. The number of aryl methyl sites for hydroxylation is 1. The summed E-state index contributed by atoms with van der Waals surface area (Å²) >= 11 is 0. The molecule has 2 aliphatic rings. The molecule has 0 unspecified atom stereocenters. The van der Waals surface area contributed by atoms with Crippen molar-refractivity contribution in [3.8, 4) is 0 Å². The van der Waals surface area contributed by atoms with Crippen LogP contribution in [-0.4, -0.2) is 55.0 Å². The molecule has 34 heavy (non-hydrogen) atoms. The molecule has 4 aromatic heterocycles. The Bertz CT molecular complexity index is 1380. The Labute approximate surface area is 198 Å². The molecule has 0 bridgehead atoms. The van der Waals surface area contributed by atoms with E-state index in [1.807, 2.05) is 21.5 Å². The van der Waals surface area contributed by atoms with E-state index < -0.39 is 0 Å². The number of carbonyl (C=O) groups is 1. The van der Waals surface area contributed by atoms with Crippen LogP contribution in [0.4, 0.5) is 5.82 Å². The van der Waals surface area contributed by atoms with E-state index in [2.05, 4.69) is 41.0 Å². The second-order valence-electron chi connectivity index (χ2n) is 9.73. The van der Waals surface area contributed by atoms with Gasteiger partial charge in [0.1, 0.15) is 11.5 Å². The molecule has 174 valence electrons. The molecule has 1 amide bonds. The summed E-state index contributed by atoms with van der Waals surface area (Å²) in [5, 5.41) is 5.80. The van der Waals surface area contributed by atoms with Gasteiger partial charge in [-0.2, -0.15) is 5.10 Å². The number of likely N-dealkylation sites (tertiary alicyclic amines) is 1. The smallest absolute Gasteiger partial charge is 0.273 e. The van der Waals surface area contributed by atoms with Gasteiger partial charge in [-0.15, -0.1) is 0 Å². The van der Waals surface area contributed by atoms with Gasteiger partial charge in [-0.25, -0.2) is 14.5 Å². The molecule has 0 aromatic carbocycles. The molecule has 8 nitrogen and oxygen atoms in total. The van der Waals surface area contributed by atoms with E-state index in [-0.39, 0.29) is 11.9 Å². The van der Waals surface area contributed by atoms with E-state index in [4.69, 9.17) is 10.1 Å². The summed E-state index contributed by atoms with van der Waals surface area (Å²) in [7, 11) is 0. The van der Waals surface area contributed by atoms with E-state index in [9.17, 15) is 4.79 Å². The minimum absolute atomic E-state index is 0.0450. The standard InChI is InChI=1S/C26H29N7O/c1-17-9-12-31(15-17)25-18(2)16-33-24(29-25)13-22(30-33)23-5-3-4-11-32(23)26(34)21-7-6-19-14-27-10-8-20(19)28-21/h6-8,10,13-14,16-17,23H,3-5,9,11-12,15H2,1-2H3/t17-,23-/m0/s1. The molecule has 0 radical (unpaired) electrons. The fourth-order valence-electron chi connectivity index (χ4n) is 5.34. The lowest BCUT2D eigenvalue weighted by Crippen LogP contribution is -2.39. The molecule has 4 aromatic rings. The molecule has 2 aliphatic heterocycles. The lowest BCUT2D eigenvalue weighted by Gasteiger charge is -2.34. The normalized spacial score (nSPS) is 21.0. The van der Waals surface area contributed by atoms with Crippen LogP contribution in [0.1, 0.15) is 60.4 Å². The number of amides is 1. The average Bonchev–Trinajstić information content (AvgIpc) is 3.48. The molecular weight excluding hydrogens is 426 g/mol. The van der Waals surface area contributed by atoms with Crippen molar-refractivity contribution in [1.82, 2.24) is 29.5 Å². The first-order valence-corrected chi connectivity index (χ1v) is 12.2. The Morgan fingerprint density at radius 2 is 2.00 bits per heavy atom. The molecule has 2 saturated heterocycles. The number of fused-ring (bicyclic) bond motifs is 2. The van der Waals surface area contributed by atoms with Crippen LogP contribution in [0, 0.1) is 12.8 Å². The minimum atomic E-state index is -0.0755. The van der Waals surface area contributed by atoms with Crippen molar-refractivity contribution < 1.29 is 4.79 Å². The fraction of sp³-hybridized carbons (Fsp3) is 0.423. The number of hydrogen-bond acceptors (Lipinski definition) is 6. The van der Waals surface area contributed by atoms with Crippen molar-refractivity contribution in [3.05, 3.63) is 59.8 Å². The second-order valence-corrected chi connectivity index (χ2v) is 9.73. The van der Waals surface area contributed by atoms with Crippen LogP contribution in [-0.2, 0) is 0 Å². The van der Waals surface area contributed by atoms with Crippen molar-refractivity contribution in [1.29, 1.82) is 0 Å². The van der Waals surface area contributed by atoms with Crippen LogP contribution in [0.25, 0.3) is 16.6 Å². The summed E-state index contributed by atoms with van der Waals surface area (Å²) in [4.78, 5) is 31.6. The van der Waals surface area contributed by atoms with Crippen LogP contribution in [0.15, 0.2) is 42.9 Å². The first kappa shape index (κ1) is 21.0. The SMILES string of the molecule is Cc1cn2nc([C@@H]3CCCCN3C(=O)c3ccc4cnccc4n3)cc2nc1N1CC[C@H](C)C1. The Morgan fingerprint density at radius 1 is 1.09 bits per heavy atom. The summed E-state index contributed by atoms with van der Waals surface area (Å²) in [5.74, 6) is 1.70. The number of hydrogen-bond donors (Lipinski definition) is 0. The van der Waals surface area contributed by atoms with Crippen molar-refractivity contribution in [3.63, 3.8) is 0 Å². The first-order chi connectivity index (χ1) is 16.6. The predicted octanol–water partition coefficient (Wildman–Crippen LogP) is 4.19. The lowest BCUT2D eigenvalue weighted by atomic mass is 9.99. The minimum Gasteiger partial charge on any atom is -0.356 e. The van der Waals surface area contributed by atoms with Crippen molar-refractivity contribution in [2.24, 2.45) is 5.92 Å². The molecule has 2 fully saturated rings. The number of piperidine rings is 1. The molecule has 6 rings (SSSR count). The summed E-state index contributed by atoms with van der Waals surface area (Å²) in [5.41, 5.74) is 4.11. The van der Waals surface area contributed by atoms with Gasteiger partial charge in [0.2, 0.25) is 0 Å². The van der Waals surface area contributed by atoms with E-state index >= 15 is 0 Å². The zero-order valence-electron chi connectivity index (χ0n) is 19.7. The number of carbonyl (C=O) groups excluding carboxylic acids is 1. The van der Waals surface area contributed by atoms with Gasteiger partial charge in [0.05, 0.1) is 17.3 Å². The predicted molar refractivity (Wildman–Crippen MR) is 131 cm³/mol. The van der Waals surface area contributed by atoms with Gasteiger partial charge < -0.3 is 9.80 Å². The number of pyridine rings is 2. The van der Waals surface area contributed by atoms with Gasteiger partial charge in [0, 0.05) is 55.2 Å². The van der Waals surface area contributed by atoms with Crippen molar-refractivity contribution in [2.45, 2.75) is 45.6 Å². The third-order valence-corrected chi connectivity index (χ3v) is 7.16. The molecule has 0 aliphatic carbocycles. The Morgan fingerprint density at radius 3 is 2.85 bits per heavy atom. The number of anilines is 1.